The highest BCUT2D eigenvalue weighted by atomic mass is 16.2. The first kappa shape index (κ1) is 8.33. The quantitative estimate of drug-likeness (QED) is 0.497. The number of carbonyl (C=O) groups excluding carboxylic acids is 1. The van der Waals surface area contributed by atoms with Gasteiger partial charge in [-0.3, -0.25) is 0 Å². The van der Waals surface area contributed by atoms with E-state index in [4.69, 9.17) is 11.5 Å². The summed E-state index contributed by atoms with van der Waals surface area (Å²) in [4.78, 5) is 10.5. The highest BCUT2D eigenvalue weighted by Gasteiger charge is 2.21. The molecule has 64 valence electrons. The standard InChI is InChI=1S/C7H15N3O/c8-5-3-1-2-4-6(5)10-7(9)11/h5-6H,1-4,8H2,(H3,9,10,11)/t5-,6-/m1/s1. The number of primary amides is 1. The Bertz CT molecular complexity index is 149. The van der Waals surface area contributed by atoms with Crippen LogP contribution < -0.4 is 16.8 Å². The van der Waals surface area contributed by atoms with Crippen molar-refractivity contribution < 1.29 is 4.79 Å². The molecular weight excluding hydrogens is 142 g/mol. The van der Waals surface area contributed by atoms with Gasteiger partial charge >= 0.3 is 6.03 Å². The van der Waals surface area contributed by atoms with Crippen LogP contribution in [0.15, 0.2) is 0 Å². The Morgan fingerprint density at radius 1 is 1.36 bits per heavy atom. The van der Waals surface area contributed by atoms with E-state index >= 15 is 0 Å². The maximum Gasteiger partial charge on any atom is 0.312 e. The number of amides is 2. The molecule has 0 aliphatic heterocycles. The minimum Gasteiger partial charge on any atom is -0.352 e. The number of urea groups is 1. The lowest BCUT2D eigenvalue weighted by atomic mass is 9.91. The molecule has 1 rings (SSSR count). The van der Waals surface area contributed by atoms with Gasteiger partial charge in [0.05, 0.1) is 0 Å². The number of carbonyl (C=O) groups is 1. The molecule has 0 bridgehead atoms. The van der Waals surface area contributed by atoms with Crippen molar-refractivity contribution in [2.75, 3.05) is 0 Å². The van der Waals surface area contributed by atoms with E-state index in [0.29, 0.717) is 0 Å². The number of rotatable bonds is 1. The normalized spacial score (nSPS) is 31.4. The Hall–Kier alpha value is -0.770. The van der Waals surface area contributed by atoms with Crippen LogP contribution in [0.2, 0.25) is 0 Å². The van der Waals surface area contributed by atoms with Gasteiger partial charge in [0, 0.05) is 12.1 Å². The van der Waals surface area contributed by atoms with E-state index in [2.05, 4.69) is 5.32 Å². The lowest BCUT2D eigenvalue weighted by Crippen LogP contribution is -2.50. The van der Waals surface area contributed by atoms with Crippen LogP contribution in [-0.2, 0) is 0 Å². The molecule has 1 aliphatic rings. The average Bonchev–Trinajstić information content (AvgIpc) is 1.93. The van der Waals surface area contributed by atoms with Crippen molar-refractivity contribution in [3.63, 3.8) is 0 Å². The molecule has 1 fully saturated rings. The number of nitrogens with two attached hydrogens (primary N) is 2. The molecule has 2 atom stereocenters. The van der Waals surface area contributed by atoms with Crippen LogP contribution in [0.4, 0.5) is 4.79 Å². The zero-order chi connectivity index (χ0) is 8.27. The molecule has 5 N–H and O–H groups in total. The van der Waals surface area contributed by atoms with E-state index in [-0.39, 0.29) is 12.1 Å². The Morgan fingerprint density at radius 3 is 2.55 bits per heavy atom. The van der Waals surface area contributed by atoms with E-state index in [1.807, 2.05) is 0 Å². The predicted octanol–water partition coefficient (Wildman–Crippen LogP) is -0.0754. The highest BCUT2D eigenvalue weighted by molar-refractivity contribution is 5.72. The summed E-state index contributed by atoms with van der Waals surface area (Å²) in [5.74, 6) is 0. The summed E-state index contributed by atoms with van der Waals surface area (Å²) >= 11 is 0. The van der Waals surface area contributed by atoms with Gasteiger partial charge in [0.15, 0.2) is 0 Å². The molecule has 0 unspecified atom stereocenters. The Balaban J connectivity index is 2.35. The van der Waals surface area contributed by atoms with Crippen molar-refractivity contribution in [3.05, 3.63) is 0 Å². The Morgan fingerprint density at radius 2 is 2.00 bits per heavy atom. The van der Waals surface area contributed by atoms with Crippen molar-refractivity contribution in [1.82, 2.24) is 5.32 Å². The predicted molar refractivity (Wildman–Crippen MR) is 43.0 cm³/mol. The largest absolute Gasteiger partial charge is 0.352 e. The molecule has 2 amide bonds. The molecule has 1 aliphatic carbocycles. The van der Waals surface area contributed by atoms with Crippen LogP contribution in [0.25, 0.3) is 0 Å². The van der Waals surface area contributed by atoms with Crippen molar-refractivity contribution in [2.45, 2.75) is 37.8 Å². The van der Waals surface area contributed by atoms with Gasteiger partial charge in [0.2, 0.25) is 0 Å². The fourth-order valence-corrected chi connectivity index (χ4v) is 1.52. The summed E-state index contributed by atoms with van der Waals surface area (Å²) in [6.07, 6.45) is 4.26. The van der Waals surface area contributed by atoms with Crippen molar-refractivity contribution in [1.29, 1.82) is 0 Å². The lowest BCUT2D eigenvalue weighted by molar-refractivity contribution is 0.237. The van der Waals surface area contributed by atoms with Crippen molar-refractivity contribution >= 4 is 6.03 Å². The summed E-state index contributed by atoms with van der Waals surface area (Å²) in [5.41, 5.74) is 10.7. The maximum absolute atomic E-state index is 10.5. The third-order valence-corrected chi connectivity index (χ3v) is 2.15. The van der Waals surface area contributed by atoms with Gasteiger partial charge in [0.25, 0.3) is 0 Å². The molecule has 1 saturated carbocycles. The zero-order valence-corrected chi connectivity index (χ0v) is 6.55. The molecule has 0 aromatic rings. The summed E-state index contributed by atoms with van der Waals surface area (Å²) < 4.78 is 0. The van der Waals surface area contributed by atoms with E-state index in [1.54, 1.807) is 0 Å². The minimum atomic E-state index is -0.465. The fraction of sp³-hybridized carbons (Fsp3) is 0.857. The van der Waals surface area contributed by atoms with Crippen molar-refractivity contribution in [2.24, 2.45) is 11.5 Å². The van der Waals surface area contributed by atoms with E-state index in [0.717, 1.165) is 25.7 Å². The minimum absolute atomic E-state index is 0.0937. The van der Waals surface area contributed by atoms with E-state index < -0.39 is 6.03 Å². The molecule has 0 aromatic heterocycles. The zero-order valence-electron chi connectivity index (χ0n) is 6.55. The number of hydrogen-bond donors (Lipinski definition) is 3. The smallest absolute Gasteiger partial charge is 0.312 e. The Kier molecular flexibility index (Phi) is 2.70. The summed E-state index contributed by atoms with van der Waals surface area (Å²) in [7, 11) is 0. The van der Waals surface area contributed by atoms with Gasteiger partial charge in [-0.25, -0.2) is 4.79 Å². The second kappa shape index (κ2) is 3.57. The third-order valence-electron chi connectivity index (χ3n) is 2.15. The van der Waals surface area contributed by atoms with Gasteiger partial charge in [-0.15, -0.1) is 0 Å². The second-order valence-corrected chi connectivity index (χ2v) is 3.06. The van der Waals surface area contributed by atoms with E-state index in [1.165, 1.54) is 0 Å². The number of hydrogen-bond acceptors (Lipinski definition) is 2. The summed E-state index contributed by atoms with van der Waals surface area (Å²) in [6, 6.07) is -0.273. The number of nitrogens with one attached hydrogen (secondary N) is 1. The van der Waals surface area contributed by atoms with Crippen LogP contribution in [0.1, 0.15) is 25.7 Å². The molecule has 0 aromatic carbocycles. The summed E-state index contributed by atoms with van der Waals surface area (Å²) in [5, 5.41) is 2.65. The highest BCUT2D eigenvalue weighted by Crippen LogP contribution is 2.16. The van der Waals surface area contributed by atoms with Gasteiger partial charge in [-0.2, -0.15) is 0 Å². The molecule has 0 spiro atoms. The average molecular weight is 157 g/mol. The molecule has 11 heavy (non-hydrogen) atoms. The van der Waals surface area contributed by atoms with Crippen LogP contribution >= 0.6 is 0 Å². The first-order chi connectivity index (χ1) is 5.20. The van der Waals surface area contributed by atoms with Gasteiger partial charge < -0.3 is 16.8 Å². The Labute approximate surface area is 66.3 Å². The molecule has 4 heteroatoms. The lowest BCUT2D eigenvalue weighted by Gasteiger charge is -2.28. The third kappa shape index (κ3) is 2.38. The summed E-state index contributed by atoms with van der Waals surface area (Å²) in [6.45, 7) is 0. The van der Waals surface area contributed by atoms with Crippen LogP contribution in [-0.4, -0.2) is 18.1 Å². The van der Waals surface area contributed by atoms with Gasteiger partial charge in [0.1, 0.15) is 0 Å². The monoisotopic (exact) mass is 157 g/mol. The van der Waals surface area contributed by atoms with Crippen LogP contribution in [0, 0.1) is 0 Å². The van der Waals surface area contributed by atoms with Gasteiger partial charge in [-0.1, -0.05) is 12.8 Å². The molecule has 0 saturated heterocycles. The first-order valence-electron chi connectivity index (χ1n) is 4.01. The molecular formula is C7H15N3O. The maximum atomic E-state index is 10.5. The van der Waals surface area contributed by atoms with Crippen LogP contribution in [0.5, 0.6) is 0 Å². The SMILES string of the molecule is NC(=O)N[C@@H]1CCCC[C@H]1N. The topological polar surface area (TPSA) is 81.1 Å². The molecule has 4 nitrogen and oxygen atoms in total. The van der Waals surface area contributed by atoms with E-state index in [9.17, 15) is 4.79 Å². The first-order valence-corrected chi connectivity index (χ1v) is 4.01. The fourth-order valence-electron chi connectivity index (χ4n) is 1.52. The second-order valence-electron chi connectivity index (χ2n) is 3.06. The molecule has 0 heterocycles. The molecule has 0 radical (unpaired) electrons. The van der Waals surface area contributed by atoms with Crippen LogP contribution in [0.3, 0.4) is 0 Å². The van der Waals surface area contributed by atoms with Crippen molar-refractivity contribution in [3.8, 4) is 0 Å². The van der Waals surface area contributed by atoms with Gasteiger partial charge in [-0.05, 0) is 12.8 Å².